The zero-order valence-electron chi connectivity index (χ0n) is 34.5. The van der Waals surface area contributed by atoms with Gasteiger partial charge in [-0.25, -0.2) is 0 Å². The van der Waals surface area contributed by atoms with Crippen LogP contribution < -0.4 is 10.6 Å². The van der Waals surface area contributed by atoms with E-state index in [1.807, 2.05) is 74.6 Å². The molecule has 3 aliphatic heterocycles. The van der Waals surface area contributed by atoms with Crippen LogP contribution in [0.2, 0.25) is 13.6 Å². The third-order valence-corrected chi connectivity index (χ3v) is 11.3. The maximum Gasteiger partial charge on any atom is 0.490 e. The van der Waals surface area contributed by atoms with E-state index in [4.69, 9.17) is 9.31 Å². The summed E-state index contributed by atoms with van der Waals surface area (Å²) in [5.41, 5.74) is 7.17. The first-order chi connectivity index (χ1) is 25.1. The van der Waals surface area contributed by atoms with Crippen molar-refractivity contribution >= 4 is 65.9 Å². The highest BCUT2D eigenvalue weighted by Gasteiger charge is 2.52. The Morgan fingerprint density at radius 3 is 1.65 bits per heavy atom. The van der Waals surface area contributed by atoms with Gasteiger partial charge in [0, 0.05) is 40.8 Å². The second kappa shape index (κ2) is 19.9. The van der Waals surface area contributed by atoms with E-state index in [0.29, 0.717) is 0 Å². The van der Waals surface area contributed by atoms with Crippen molar-refractivity contribution in [3.63, 3.8) is 0 Å². The second-order valence-electron chi connectivity index (χ2n) is 16.1. The minimum absolute atomic E-state index is 0.00933. The van der Waals surface area contributed by atoms with E-state index in [2.05, 4.69) is 79.4 Å². The zero-order valence-corrected chi connectivity index (χ0v) is 36.1. The van der Waals surface area contributed by atoms with E-state index in [-0.39, 0.29) is 49.0 Å². The van der Waals surface area contributed by atoms with Gasteiger partial charge in [0.05, 0.1) is 11.2 Å². The molecule has 294 valence electrons. The van der Waals surface area contributed by atoms with Crippen molar-refractivity contribution in [1.29, 1.82) is 0 Å². The molecule has 54 heavy (non-hydrogen) atoms. The fourth-order valence-electron chi connectivity index (χ4n) is 5.81. The van der Waals surface area contributed by atoms with E-state index in [9.17, 15) is 19.6 Å². The Morgan fingerprint density at radius 2 is 1.24 bits per heavy atom. The Balaban J connectivity index is 0.000000224. The highest BCUT2D eigenvalue weighted by atomic mass is 79.9. The van der Waals surface area contributed by atoms with Gasteiger partial charge in [0.2, 0.25) is 11.8 Å². The number of hydrogen-bond donors (Lipinski definition) is 4. The van der Waals surface area contributed by atoms with Crippen LogP contribution in [0.4, 0.5) is 11.4 Å². The van der Waals surface area contributed by atoms with Crippen LogP contribution in [-0.4, -0.2) is 90.1 Å². The first-order valence-corrected chi connectivity index (χ1v) is 20.0. The van der Waals surface area contributed by atoms with Gasteiger partial charge < -0.3 is 39.6 Å². The number of benzene rings is 2. The third kappa shape index (κ3) is 12.9. The summed E-state index contributed by atoms with van der Waals surface area (Å²) in [5.74, 6) is 0.0572. The van der Waals surface area contributed by atoms with Crippen LogP contribution in [0.5, 0.6) is 0 Å². The molecule has 0 radical (unpaired) electrons. The number of aryl methyl sites for hydroxylation is 2. The number of rotatable bonds is 8. The Kier molecular flexibility index (Phi) is 16.9. The molecule has 10 nitrogen and oxygen atoms in total. The number of nitrogens with zero attached hydrogens (tertiary/aromatic N) is 2. The molecule has 5 rings (SSSR count). The van der Waals surface area contributed by atoms with Crippen LogP contribution in [0, 0.1) is 25.7 Å². The third-order valence-electron chi connectivity index (χ3n) is 10.5. The minimum atomic E-state index is -0.407. The normalized spacial score (nSPS) is 18.1. The smallest absolute Gasteiger partial charge is 0.437 e. The lowest BCUT2D eigenvalue weighted by Crippen LogP contribution is -2.41. The maximum atomic E-state index is 11.8. The molecule has 14 heteroatoms. The Hall–Kier alpha value is -2.71. The van der Waals surface area contributed by atoms with Crippen molar-refractivity contribution in [2.24, 2.45) is 11.8 Å². The molecule has 0 unspecified atom stereocenters. The average molecular weight is 807 g/mol. The number of nitrogens with one attached hydrogen (secondary N) is 2. The highest BCUT2D eigenvalue weighted by Crippen LogP contribution is 2.39. The predicted molar refractivity (Wildman–Crippen MR) is 229 cm³/mol. The molecule has 3 heterocycles. The fourth-order valence-corrected chi connectivity index (χ4v) is 6.19. The van der Waals surface area contributed by atoms with Gasteiger partial charge in [0.25, 0.3) is 0 Å². The van der Waals surface area contributed by atoms with Gasteiger partial charge in [-0.2, -0.15) is 0 Å². The van der Waals surface area contributed by atoms with Crippen LogP contribution >= 0.6 is 15.9 Å². The highest BCUT2D eigenvalue weighted by molar-refractivity contribution is 9.10. The summed E-state index contributed by atoms with van der Waals surface area (Å²) < 4.78 is 13.1. The van der Waals surface area contributed by atoms with E-state index < -0.39 is 7.05 Å². The summed E-state index contributed by atoms with van der Waals surface area (Å²) in [4.78, 5) is 27.3. The second-order valence-corrected chi connectivity index (χ2v) is 17.0. The fraction of sp³-hybridized carbons (Fsp3) is 0.550. The summed E-state index contributed by atoms with van der Waals surface area (Å²) in [7, 11) is -1.03. The largest absolute Gasteiger partial charge is 0.490 e. The number of anilines is 2. The first kappa shape index (κ1) is 45.7. The molecule has 2 amide bonds. The lowest BCUT2D eigenvalue weighted by Gasteiger charge is -2.32. The predicted octanol–water partition coefficient (Wildman–Crippen LogP) is 7.50. The molecule has 0 aliphatic carbocycles. The van der Waals surface area contributed by atoms with Crippen LogP contribution in [-0.2, 0) is 18.9 Å². The first-order valence-electron chi connectivity index (χ1n) is 19.2. The Morgan fingerprint density at radius 1 is 0.778 bits per heavy atom. The molecular formula is C40H62B3BrN4O6. The van der Waals surface area contributed by atoms with Gasteiger partial charge in [-0.05, 0) is 133 Å². The molecule has 3 aliphatic rings. The molecule has 1 fully saturated rings. The van der Waals surface area contributed by atoms with E-state index >= 15 is 0 Å². The summed E-state index contributed by atoms with van der Waals surface area (Å²) in [6, 6.07) is 11.8. The quantitative estimate of drug-likeness (QED) is 0.203. The van der Waals surface area contributed by atoms with Crippen LogP contribution in [0.3, 0.4) is 0 Å². The van der Waals surface area contributed by atoms with Gasteiger partial charge in [0.15, 0.2) is 0 Å². The molecule has 0 bridgehead atoms. The van der Waals surface area contributed by atoms with Crippen molar-refractivity contribution < 1.29 is 28.9 Å². The number of hydrogen-bond acceptors (Lipinski definition) is 8. The topological polar surface area (TPSA) is 124 Å². The molecular weight excluding hydrogens is 745 g/mol. The molecule has 0 spiro atoms. The molecule has 0 atom stereocenters. The lowest BCUT2D eigenvalue weighted by atomic mass is 9.72. The van der Waals surface area contributed by atoms with Crippen LogP contribution in [0.1, 0.15) is 84.9 Å². The minimum Gasteiger partial charge on any atom is -0.437 e. The molecule has 0 saturated carbocycles. The van der Waals surface area contributed by atoms with Gasteiger partial charge in [0.1, 0.15) is 0 Å². The van der Waals surface area contributed by atoms with Crippen molar-refractivity contribution in [3.05, 3.63) is 75.2 Å². The van der Waals surface area contributed by atoms with Crippen LogP contribution in [0.15, 0.2) is 58.5 Å². The number of carbonyl (C=O) groups excluding carboxylic acids is 2. The van der Waals surface area contributed by atoms with E-state index in [1.165, 1.54) is 22.2 Å². The molecule has 2 aromatic rings. The summed E-state index contributed by atoms with van der Waals surface area (Å²) in [5, 5.41) is 25.0. The standard InChI is InChI=1S/C17H25BN2O2.C12H23B2NO3.C11H14BrNO/c1-12(2)17(21)19-15-6-5-13(3)16(11-15)14-7-9-20(10-8-14)18(4)22;1-11(2)12(3,4)18-14(17-11)10-6-8-15(9-7-10)13(5)16;1-7(2)11(14)13-9-5-4-8(3)10(12)6-9/h5-7,11-12,22H,8-10H2,1-4H3,(H,19,21);6,16H,7-9H2,1-5H3;4-7H,1-3H3,(H,13,14). The van der Waals surface area contributed by atoms with Crippen molar-refractivity contribution in [3.8, 4) is 0 Å². The summed E-state index contributed by atoms with van der Waals surface area (Å²) in [6.45, 7) is 26.7. The summed E-state index contributed by atoms with van der Waals surface area (Å²) >= 11 is 3.42. The monoisotopic (exact) mass is 806 g/mol. The SMILES string of the molecule is CB(O)N1CC=C(B2OC(C)(C)C(C)(C)O2)CC1.CB(O)N1CC=C(c2cc(NC(=O)C(C)C)ccc2C)CC1.Cc1ccc(NC(=O)C(C)C)cc1Br. The maximum absolute atomic E-state index is 11.8. The molecule has 1 saturated heterocycles. The van der Waals surface area contributed by atoms with Crippen LogP contribution in [0.25, 0.3) is 5.57 Å². The van der Waals surface area contributed by atoms with E-state index in [1.54, 1.807) is 13.6 Å². The summed E-state index contributed by atoms with van der Waals surface area (Å²) in [6.07, 6.45) is 6.10. The Labute approximate surface area is 334 Å². The average Bonchev–Trinajstić information content (AvgIpc) is 3.33. The lowest BCUT2D eigenvalue weighted by molar-refractivity contribution is -0.119. The molecule has 4 N–H and O–H groups in total. The number of carbonyl (C=O) groups is 2. The Bertz CT molecular complexity index is 1650. The number of halogens is 1. The van der Waals surface area contributed by atoms with Gasteiger partial charge in [-0.1, -0.05) is 67.9 Å². The van der Waals surface area contributed by atoms with Crippen molar-refractivity contribution in [2.75, 3.05) is 36.8 Å². The van der Waals surface area contributed by atoms with Gasteiger partial charge in [-0.3, -0.25) is 9.59 Å². The molecule has 0 aromatic heterocycles. The van der Waals surface area contributed by atoms with Gasteiger partial charge >= 0.3 is 21.2 Å². The van der Waals surface area contributed by atoms with Crippen molar-refractivity contribution in [1.82, 2.24) is 9.62 Å². The number of amides is 2. The van der Waals surface area contributed by atoms with Gasteiger partial charge in [-0.15, -0.1) is 0 Å². The zero-order chi connectivity index (χ0) is 40.5. The van der Waals surface area contributed by atoms with Crippen molar-refractivity contribution in [2.45, 2.75) is 107 Å². The molecule has 2 aromatic carbocycles. The van der Waals surface area contributed by atoms with E-state index in [0.717, 1.165) is 60.4 Å².